The number of nitro benzene ring substituents is 2. The van der Waals surface area contributed by atoms with Crippen molar-refractivity contribution in [3.63, 3.8) is 0 Å². The maximum absolute atomic E-state index is 13.2. The highest BCUT2D eigenvalue weighted by Crippen LogP contribution is 2.48. The summed E-state index contributed by atoms with van der Waals surface area (Å²) in [5.41, 5.74) is -2.80. The fraction of sp³-hybridized carbons (Fsp3) is 0.381. The number of unbranched alkanes of at least 4 members (excludes halogenated alkanes) is 2. The van der Waals surface area contributed by atoms with Crippen molar-refractivity contribution in [2.75, 3.05) is 11.5 Å². The lowest BCUT2D eigenvalue weighted by molar-refractivity contribution is -0.385. The van der Waals surface area contributed by atoms with Crippen LogP contribution in [0.25, 0.3) is 11.1 Å². The number of nitro groups is 2. The highest BCUT2D eigenvalue weighted by atomic mass is 32.2. The van der Waals surface area contributed by atoms with Crippen molar-refractivity contribution in [3.8, 4) is 11.1 Å². The maximum atomic E-state index is 13.2. The molecule has 0 saturated heterocycles. The summed E-state index contributed by atoms with van der Waals surface area (Å²) >= 11 is 0. The van der Waals surface area contributed by atoms with E-state index in [4.69, 9.17) is 0 Å². The fourth-order valence-corrected chi connectivity index (χ4v) is 7.00. The molecular formula is C21H22N2O9S2. The van der Waals surface area contributed by atoms with Crippen LogP contribution in [0.3, 0.4) is 0 Å². The zero-order valence-corrected chi connectivity index (χ0v) is 20.1. The Labute approximate surface area is 195 Å². The van der Waals surface area contributed by atoms with Crippen LogP contribution >= 0.6 is 0 Å². The average Bonchev–Trinajstić information content (AvgIpc) is 3.07. The Morgan fingerprint density at radius 2 is 1.32 bits per heavy atom. The summed E-state index contributed by atoms with van der Waals surface area (Å²) in [7, 11) is -8.13. The summed E-state index contributed by atoms with van der Waals surface area (Å²) < 4.78 is 51.6. The molecule has 0 unspecified atom stereocenters. The van der Waals surface area contributed by atoms with Crippen LogP contribution in [0.4, 0.5) is 11.4 Å². The van der Waals surface area contributed by atoms with Crippen LogP contribution in [0.15, 0.2) is 34.1 Å². The van der Waals surface area contributed by atoms with Gasteiger partial charge in [0.15, 0.2) is 25.5 Å². The quantitative estimate of drug-likeness (QED) is 0.290. The predicted octanol–water partition coefficient (Wildman–Crippen LogP) is 3.86. The Bertz CT molecular complexity index is 1430. The van der Waals surface area contributed by atoms with Crippen LogP contribution in [0.1, 0.15) is 55.5 Å². The van der Waals surface area contributed by atoms with Crippen molar-refractivity contribution in [2.24, 2.45) is 0 Å². The minimum atomic E-state index is -4.16. The molecule has 0 saturated carbocycles. The number of fused-ring (bicyclic) bond motifs is 3. The number of rotatable bonds is 10. The molecule has 0 radical (unpaired) electrons. The first kappa shape index (κ1) is 25.4. The highest BCUT2D eigenvalue weighted by Gasteiger charge is 2.41. The van der Waals surface area contributed by atoms with Gasteiger partial charge in [-0.2, -0.15) is 0 Å². The van der Waals surface area contributed by atoms with E-state index in [2.05, 4.69) is 0 Å². The number of benzene rings is 2. The van der Waals surface area contributed by atoms with E-state index in [1.54, 1.807) is 13.8 Å². The monoisotopic (exact) mass is 510 g/mol. The Kier molecular flexibility index (Phi) is 6.90. The molecule has 0 amide bonds. The van der Waals surface area contributed by atoms with Gasteiger partial charge in [0, 0.05) is 34.9 Å². The van der Waals surface area contributed by atoms with Gasteiger partial charge in [0.05, 0.1) is 36.7 Å². The summed E-state index contributed by atoms with van der Waals surface area (Å²) in [6.45, 7) is 3.52. The van der Waals surface area contributed by atoms with Gasteiger partial charge in [-0.25, -0.2) is 16.8 Å². The number of non-ortho nitro benzene ring substituents is 1. The number of nitrogens with zero attached hydrogens (tertiary/aromatic N) is 2. The topological polar surface area (TPSA) is 172 Å². The highest BCUT2D eigenvalue weighted by molar-refractivity contribution is 7.91. The summed E-state index contributed by atoms with van der Waals surface area (Å²) in [4.78, 5) is 33.8. The van der Waals surface area contributed by atoms with Crippen molar-refractivity contribution in [1.82, 2.24) is 0 Å². The standard InChI is InChI=1S/C21H22N2O9S2/c1-3-5-7-33(29,30)14-11-16-19(17(12-14)23(27)28)20-15(21(16)24)9-13(22(25)26)10-18(20)34(31,32)8-6-4-2/h9-12H,3-8H2,1-2H3. The zero-order chi connectivity index (χ0) is 25.4. The summed E-state index contributed by atoms with van der Waals surface area (Å²) in [6, 6.07) is 3.47. The lowest BCUT2D eigenvalue weighted by Crippen LogP contribution is -2.10. The van der Waals surface area contributed by atoms with Crippen LogP contribution in [0, 0.1) is 20.2 Å². The molecule has 2 aromatic rings. The van der Waals surface area contributed by atoms with E-state index in [1.807, 2.05) is 0 Å². The Morgan fingerprint density at radius 1 is 0.765 bits per heavy atom. The van der Waals surface area contributed by atoms with Gasteiger partial charge in [-0.1, -0.05) is 26.7 Å². The summed E-state index contributed by atoms with van der Waals surface area (Å²) in [6.07, 6.45) is 1.59. The van der Waals surface area contributed by atoms with Crippen LogP contribution in [0.2, 0.25) is 0 Å². The second kappa shape index (κ2) is 9.22. The lowest BCUT2D eigenvalue weighted by atomic mass is 10.0. The van der Waals surface area contributed by atoms with E-state index in [1.165, 1.54) is 0 Å². The van der Waals surface area contributed by atoms with Gasteiger partial charge in [0.1, 0.15) is 0 Å². The van der Waals surface area contributed by atoms with Crippen LogP contribution in [-0.2, 0) is 19.7 Å². The van der Waals surface area contributed by atoms with E-state index in [9.17, 15) is 41.9 Å². The SMILES string of the molecule is CCCCS(=O)(=O)c1cc2c(c([N+](=O)[O-])c1)-c1c(cc([N+](=O)[O-])cc1S(=O)(=O)CCCC)C2=O. The third-order valence-electron chi connectivity index (χ3n) is 5.55. The average molecular weight is 511 g/mol. The van der Waals surface area contributed by atoms with E-state index in [0.717, 1.165) is 24.3 Å². The van der Waals surface area contributed by atoms with Crippen molar-refractivity contribution in [1.29, 1.82) is 0 Å². The van der Waals surface area contributed by atoms with Crippen LogP contribution < -0.4 is 0 Å². The minimum absolute atomic E-state index is 0.233. The molecule has 3 rings (SSSR count). The Morgan fingerprint density at radius 3 is 1.85 bits per heavy atom. The number of hydrogen-bond donors (Lipinski definition) is 0. The summed E-state index contributed by atoms with van der Waals surface area (Å²) in [5, 5.41) is 23.4. The van der Waals surface area contributed by atoms with E-state index in [-0.39, 0.29) is 40.2 Å². The number of ketones is 1. The minimum Gasteiger partial charge on any atom is -0.289 e. The van der Waals surface area contributed by atoms with Gasteiger partial charge >= 0.3 is 0 Å². The number of sulfone groups is 2. The molecule has 0 atom stereocenters. The molecule has 0 bridgehead atoms. The molecule has 182 valence electrons. The Hall–Kier alpha value is -3.19. The van der Waals surface area contributed by atoms with Crippen molar-refractivity contribution >= 4 is 36.8 Å². The van der Waals surface area contributed by atoms with Crippen molar-refractivity contribution in [3.05, 3.63) is 55.6 Å². The molecule has 13 heteroatoms. The van der Waals surface area contributed by atoms with E-state index < -0.39 is 56.5 Å². The lowest BCUT2D eigenvalue weighted by Gasteiger charge is -2.11. The number of hydrogen-bond acceptors (Lipinski definition) is 9. The zero-order valence-electron chi connectivity index (χ0n) is 18.4. The molecule has 0 aromatic heterocycles. The van der Waals surface area contributed by atoms with Gasteiger partial charge in [0.2, 0.25) is 0 Å². The molecular weight excluding hydrogens is 488 g/mol. The van der Waals surface area contributed by atoms with Crippen LogP contribution in [-0.4, -0.2) is 44.0 Å². The van der Waals surface area contributed by atoms with E-state index in [0.29, 0.717) is 19.3 Å². The molecule has 0 N–H and O–H groups in total. The van der Waals surface area contributed by atoms with Gasteiger partial charge in [-0.05, 0) is 18.9 Å². The first-order valence-electron chi connectivity index (χ1n) is 10.5. The van der Waals surface area contributed by atoms with E-state index >= 15 is 0 Å². The molecule has 1 aliphatic carbocycles. The van der Waals surface area contributed by atoms with Gasteiger partial charge < -0.3 is 0 Å². The second-order valence-corrected chi connectivity index (χ2v) is 12.1. The smallest absolute Gasteiger partial charge is 0.279 e. The van der Waals surface area contributed by atoms with Gasteiger partial charge in [-0.3, -0.25) is 25.0 Å². The molecule has 2 aromatic carbocycles. The first-order valence-corrected chi connectivity index (χ1v) is 13.8. The number of carbonyl (C=O) groups is 1. The van der Waals surface area contributed by atoms with Gasteiger partial charge in [0.25, 0.3) is 11.4 Å². The Balaban J connectivity index is 2.41. The normalized spacial score (nSPS) is 12.9. The first-order chi connectivity index (χ1) is 15.9. The van der Waals surface area contributed by atoms with Crippen molar-refractivity contribution in [2.45, 2.75) is 49.3 Å². The molecule has 34 heavy (non-hydrogen) atoms. The van der Waals surface area contributed by atoms with Crippen molar-refractivity contribution < 1.29 is 31.5 Å². The maximum Gasteiger partial charge on any atom is 0.279 e. The number of carbonyl (C=O) groups excluding carboxylic acids is 1. The summed E-state index contributed by atoms with van der Waals surface area (Å²) in [5.74, 6) is -1.57. The largest absolute Gasteiger partial charge is 0.289 e. The molecule has 0 spiro atoms. The third kappa shape index (κ3) is 4.44. The predicted molar refractivity (Wildman–Crippen MR) is 123 cm³/mol. The fourth-order valence-electron chi connectivity index (χ4n) is 3.80. The van der Waals surface area contributed by atoms with Crippen LogP contribution in [0.5, 0.6) is 0 Å². The second-order valence-electron chi connectivity index (χ2n) is 7.92. The third-order valence-corrected chi connectivity index (χ3v) is 9.15. The molecule has 1 aliphatic rings. The molecule has 0 heterocycles. The molecule has 0 aliphatic heterocycles. The molecule has 0 fully saturated rings. The van der Waals surface area contributed by atoms with Gasteiger partial charge in [-0.15, -0.1) is 0 Å². The molecule has 11 nitrogen and oxygen atoms in total.